The summed E-state index contributed by atoms with van der Waals surface area (Å²) in [5.41, 5.74) is 7.38. The van der Waals surface area contributed by atoms with Crippen LogP contribution in [0.3, 0.4) is 0 Å². The van der Waals surface area contributed by atoms with Crippen molar-refractivity contribution in [3.63, 3.8) is 0 Å². The van der Waals surface area contributed by atoms with E-state index < -0.39 is 0 Å². The average Bonchev–Trinajstić information content (AvgIpc) is 2.48. The van der Waals surface area contributed by atoms with Gasteiger partial charge in [0.05, 0.1) is 0 Å². The molecule has 0 saturated carbocycles. The first-order valence-electron chi connectivity index (χ1n) is 7.56. The van der Waals surface area contributed by atoms with Crippen LogP contribution in [-0.2, 0) is 0 Å². The Labute approximate surface area is 120 Å². The van der Waals surface area contributed by atoms with Crippen LogP contribution in [0.1, 0.15) is 31.4 Å². The Morgan fingerprint density at radius 3 is 3.00 bits per heavy atom. The first-order chi connectivity index (χ1) is 9.79. The second-order valence-corrected chi connectivity index (χ2v) is 5.94. The molecule has 0 amide bonds. The smallest absolute Gasteiger partial charge is 0.0491 e. The number of likely N-dealkylation sites (tertiary alicyclic amines) is 1. The molecular weight excluding hydrogens is 246 g/mol. The SMILES string of the molecule is CC1CCCN(C(CN)c2cncc3ccccc23)C1. The highest BCUT2D eigenvalue weighted by atomic mass is 15.2. The van der Waals surface area contributed by atoms with Crippen LogP contribution in [0, 0.1) is 5.92 Å². The molecular formula is C17H23N3. The van der Waals surface area contributed by atoms with E-state index in [9.17, 15) is 0 Å². The van der Waals surface area contributed by atoms with E-state index in [0.717, 1.165) is 19.0 Å². The lowest BCUT2D eigenvalue weighted by Crippen LogP contribution is -2.40. The first-order valence-corrected chi connectivity index (χ1v) is 7.56. The summed E-state index contributed by atoms with van der Waals surface area (Å²) in [5, 5.41) is 2.49. The number of piperidine rings is 1. The summed E-state index contributed by atoms with van der Waals surface area (Å²) in [4.78, 5) is 6.95. The van der Waals surface area contributed by atoms with E-state index in [0.29, 0.717) is 6.54 Å². The zero-order valence-corrected chi connectivity index (χ0v) is 12.1. The number of pyridine rings is 1. The first kappa shape index (κ1) is 13.5. The number of nitrogens with two attached hydrogens (primary N) is 1. The fraction of sp³-hybridized carbons (Fsp3) is 0.471. The Hall–Kier alpha value is -1.45. The second-order valence-electron chi connectivity index (χ2n) is 5.94. The lowest BCUT2D eigenvalue weighted by Gasteiger charge is -2.37. The van der Waals surface area contributed by atoms with E-state index in [1.54, 1.807) is 0 Å². The highest BCUT2D eigenvalue weighted by Crippen LogP contribution is 2.30. The van der Waals surface area contributed by atoms with Crippen LogP contribution in [0.15, 0.2) is 36.7 Å². The van der Waals surface area contributed by atoms with Crippen LogP contribution in [0.4, 0.5) is 0 Å². The van der Waals surface area contributed by atoms with Crippen molar-refractivity contribution < 1.29 is 0 Å². The Morgan fingerprint density at radius 2 is 2.20 bits per heavy atom. The van der Waals surface area contributed by atoms with E-state index >= 15 is 0 Å². The van der Waals surface area contributed by atoms with Gasteiger partial charge in [-0.1, -0.05) is 31.2 Å². The Morgan fingerprint density at radius 1 is 1.35 bits per heavy atom. The van der Waals surface area contributed by atoms with Crippen molar-refractivity contribution in [3.05, 3.63) is 42.2 Å². The third-order valence-electron chi connectivity index (χ3n) is 4.41. The molecule has 0 radical (unpaired) electrons. The van der Waals surface area contributed by atoms with Gasteiger partial charge < -0.3 is 5.73 Å². The summed E-state index contributed by atoms with van der Waals surface area (Å²) in [6, 6.07) is 8.75. The molecule has 1 aromatic heterocycles. The second kappa shape index (κ2) is 5.90. The molecule has 106 valence electrons. The zero-order valence-electron chi connectivity index (χ0n) is 12.1. The van der Waals surface area contributed by atoms with Crippen molar-refractivity contribution in [2.45, 2.75) is 25.8 Å². The minimum Gasteiger partial charge on any atom is -0.329 e. The molecule has 2 unspecified atom stereocenters. The van der Waals surface area contributed by atoms with Gasteiger partial charge in [-0.3, -0.25) is 9.88 Å². The molecule has 3 rings (SSSR count). The Balaban J connectivity index is 1.98. The number of nitrogens with zero attached hydrogens (tertiary/aromatic N) is 2. The van der Waals surface area contributed by atoms with Crippen LogP contribution < -0.4 is 5.73 Å². The summed E-state index contributed by atoms with van der Waals surface area (Å²) in [7, 11) is 0. The highest BCUT2D eigenvalue weighted by molar-refractivity contribution is 5.85. The number of fused-ring (bicyclic) bond motifs is 1. The third kappa shape index (κ3) is 2.56. The Bertz CT molecular complexity index is 576. The fourth-order valence-electron chi connectivity index (χ4n) is 3.39. The summed E-state index contributed by atoms with van der Waals surface area (Å²) < 4.78 is 0. The predicted octanol–water partition coefficient (Wildman–Crippen LogP) is 2.97. The van der Waals surface area contributed by atoms with Gasteiger partial charge in [0.1, 0.15) is 0 Å². The standard InChI is InChI=1S/C17H23N3/c1-13-5-4-8-20(12-13)17(9-18)16-11-19-10-14-6-2-3-7-15(14)16/h2-3,6-7,10-11,13,17H,4-5,8-9,12,18H2,1H3. The molecule has 2 N–H and O–H groups in total. The van der Waals surface area contributed by atoms with Crippen molar-refractivity contribution in [1.29, 1.82) is 0 Å². The summed E-state index contributed by atoms with van der Waals surface area (Å²) >= 11 is 0. The largest absolute Gasteiger partial charge is 0.329 e. The fourth-order valence-corrected chi connectivity index (χ4v) is 3.39. The molecule has 1 aromatic carbocycles. The van der Waals surface area contributed by atoms with E-state index in [1.807, 2.05) is 12.4 Å². The minimum atomic E-state index is 0.288. The predicted molar refractivity (Wildman–Crippen MR) is 83.5 cm³/mol. The van der Waals surface area contributed by atoms with E-state index in [2.05, 4.69) is 41.1 Å². The maximum Gasteiger partial charge on any atom is 0.0491 e. The molecule has 1 saturated heterocycles. The van der Waals surface area contributed by atoms with Gasteiger partial charge in [-0.25, -0.2) is 0 Å². The normalized spacial score (nSPS) is 22.0. The van der Waals surface area contributed by atoms with Crippen LogP contribution in [-0.4, -0.2) is 29.5 Å². The zero-order chi connectivity index (χ0) is 13.9. The van der Waals surface area contributed by atoms with Gasteiger partial charge in [0.25, 0.3) is 0 Å². The molecule has 3 heteroatoms. The topological polar surface area (TPSA) is 42.1 Å². The van der Waals surface area contributed by atoms with Gasteiger partial charge in [0.2, 0.25) is 0 Å². The van der Waals surface area contributed by atoms with Crippen molar-refractivity contribution in [2.75, 3.05) is 19.6 Å². The van der Waals surface area contributed by atoms with Crippen LogP contribution >= 0.6 is 0 Å². The van der Waals surface area contributed by atoms with Gasteiger partial charge in [-0.05, 0) is 36.3 Å². The van der Waals surface area contributed by atoms with Crippen LogP contribution in [0.2, 0.25) is 0 Å². The third-order valence-corrected chi connectivity index (χ3v) is 4.41. The maximum atomic E-state index is 6.10. The molecule has 0 aliphatic carbocycles. The highest BCUT2D eigenvalue weighted by Gasteiger charge is 2.25. The van der Waals surface area contributed by atoms with Gasteiger partial charge in [-0.2, -0.15) is 0 Å². The number of hydrogen-bond acceptors (Lipinski definition) is 3. The lowest BCUT2D eigenvalue weighted by molar-refractivity contribution is 0.133. The molecule has 2 aromatic rings. The van der Waals surface area contributed by atoms with Crippen LogP contribution in [0.5, 0.6) is 0 Å². The molecule has 0 bridgehead atoms. The van der Waals surface area contributed by atoms with Crippen LogP contribution in [0.25, 0.3) is 10.8 Å². The molecule has 1 aliphatic rings. The van der Waals surface area contributed by atoms with Crippen molar-refractivity contribution in [3.8, 4) is 0 Å². The molecule has 0 spiro atoms. The van der Waals surface area contributed by atoms with Crippen molar-refractivity contribution in [2.24, 2.45) is 11.7 Å². The Kier molecular flexibility index (Phi) is 3.99. The van der Waals surface area contributed by atoms with E-state index in [4.69, 9.17) is 5.73 Å². The molecule has 2 atom stereocenters. The number of aromatic nitrogens is 1. The van der Waals surface area contributed by atoms with Gasteiger partial charge in [-0.15, -0.1) is 0 Å². The van der Waals surface area contributed by atoms with E-state index in [1.165, 1.54) is 29.2 Å². The van der Waals surface area contributed by atoms with Crippen molar-refractivity contribution in [1.82, 2.24) is 9.88 Å². The quantitative estimate of drug-likeness (QED) is 0.931. The number of benzene rings is 1. The molecule has 20 heavy (non-hydrogen) atoms. The van der Waals surface area contributed by atoms with Gasteiger partial charge >= 0.3 is 0 Å². The van der Waals surface area contributed by atoms with Gasteiger partial charge in [0, 0.05) is 36.9 Å². The monoisotopic (exact) mass is 269 g/mol. The molecule has 3 nitrogen and oxygen atoms in total. The van der Waals surface area contributed by atoms with E-state index in [-0.39, 0.29) is 6.04 Å². The lowest BCUT2D eigenvalue weighted by atomic mass is 9.95. The summed E-state index contributed by atoms with van der Waals surface area (Å²) in [6.45, 7) is 5.28. The molecule has 1 fully saturated rings. The maximum absolute atomic E-state index is 6.10. The number of rotatable bonds is 3. The summed E-state index contributed by atoms with van der Waals surface area (Å²) in [5.74, 6) is 0.765. The number of hydrogen-bond donors (Lipinski definition) is 1. The molecule has 2 heterocycles. The summed E-state index contributed by atoms with van der Waals surface area (Å²) in [6.07, 6.45) is 6.54. The van der Waals surface area contributed by atoms with Crippen molar-refractivity contribution >= 4 is 10.8 Å². The molecule has 1 aliphatic heterocycles. The average molecular weight is 269 g/mol. The minimum absolute atomic E-state index is 0.288. The van der Waals surface area contributed by atoms with Gasteiger partial charge in [0.15, 0.2) is 0 Å².